The molecule has 7 aromatic rings. The Bertz CT molecular complexity index is 2300. The predicted octanol–water partition coefficient (Wildman–Crippen LogP) is 8.05. The van der Waals surface area contributed by atoms with Crippen LogP contribution in [0.25, 0.3) is 43.8 Å². The lowest BCUT2D eigenvalue weighted by Crippen LogP contribution is -2.57. The molecule has 0 unspecified atom stereocenters. The first-order chi connectivity index (χ1) is 22.4. The molecule has 7 aromatic carbocycles. The highest BCUT2D eigenvalue weighted by atomic mass is 16.5. The molecule has 0 atom stereocenters. The van der Waals surface area contributed by atoms with E-state index < -0.39 is 6.04 Å². The highest BCUT2D eigenvalue weighted by Crippen LogP contribution is 2.46. The van der Waals surface area contributed by atoms with Gasteiger partial charge < -0.3 is 9.47 Å². The molecule has 0 saturated heterocycles. The van der Waals surface area contributed by atoms with Crippen molar-refractivity contribution in [1.29, 1.82) is 0 Å². The van der Waals surface area contributed by atoms with Crippen molar-refractivity contribution in [1.82, 2.24) is 0 Å². The molecule has 41 heavy (non-hydrogen) atoms. The van der Waals surface area contributed by atoms with Crippen LogP contribution in [0.15, 0.2) is 139 Å². The normalized spacial score (nSPS) is 14.4. The van der Waals surface area contributed by atoms with Crippen LogP contribution in [0.1, 0.15) is 6.85 Å². The van der Waals surface area contributed by atoms with Gasteiger partial charge in [0.15, 0.2) is 0 Å². The maximum atomic E-state index is 8.84. The molecule has 0 radical (unpaired) electrons. The second-order valence-corrected chi connectivity index (χ2v) is 10.4. The first-order valence-corrected chi connectivity index (χ1v) is 13.6. The summed E-state index contributed by atoms with van der Waals surface area (Å²) < 4.78 is 55.9. The molecule has 0 bridgehead atoms. The van der Waals surface area contributed by atoms with Gasteiger partial charge in [0.25, 0.3) is 6.71 Å². The smallest absolute Gasteiger partial charge is 0.260 e. The van der Waals surface area contributed by atoms with Crippen molar-refractivity contribution in [2.45, 2.75) is 0 Å². The lowest BCUT2D eigenvalue weighted by Gasteiger charge is -2.33. The van der Waals surface area contributed by atoms with E-state index in [9.17, 15) is 0 Å². The Kier molecular flexibility index (Phi) is 3.81. The van der Waals surface area contributed by atoms with E-state index in [2.05, 4.69) is 24.3 Å². The van der Waals surface area contributed by atoms with E-state index in [1.165, 1.54) is 0 Å². The minimum absolute atomic E-state index is 0.0334. The summed E-state index contributed by atoms with van der Waals surface area (Å²) in [5.41, 5.74) is 5.83. The van der Waals surface area contributed by atoms with Gasteiger partial charge in [-0.2, -0.15) is 0 Å². The molecule has 3 heteroatoms. The predicted molar refractivity (Wildman–Crippen MR) is 170 cm³/mol. The average Bonchev–Trinajstić information content (AvgIpc) is 3.09. The molecule has 2 nitrogen and oxygen atoms in total. The van der Waals surface area contributed by atoms with Crippen LogP contribution in [0, 0.1) is 0 Å². The van der Waals surface area contributed by atoms with Crippen molar-refractivity contribution in [3.63, 3.8) is 0 Å². The lowest BCUT2D eigenvalue weighted by atomic mass is 9.35. The van der Waals surface area contributed by atoms with Crippen LogP contribution >= 0.6 is 0 Å². The fourth-order valence-corrected chi connectivity index (χ4v) is 6.62. The molecule has 0 spiro atoms. The van der Waals surface area contributed by atoms with Gasteiger partial charge >= 0.3 is 0 Å². The summed E-state index contributed by atoms with van der Waals surface area (Å²) >= 11 is 0. The molecule has 0 saturated carbocycles. The van der Waals surface area contributed by atoms with E-state index in [1.807, 2.05) is 84.9 Å². The van der Waals surface area contributed by atoms with Crippen LogP contribution in [0.2, 0.25) is 0 Å². The zero-order valence-corrected chi connectivity index (χ0v) is 21.8. The van der Waals surface area contributed by atoms with Crippen LogP contribution in [0.5, 0.6) is 23.0 Å². The highest BCUT2D eigenvalue weighted by Gasteiger charge is 2.40. The largest absolute Gasteiger partial charge is 0.458 e. The number of hydrogen-bond acceptors (Lipinski definition) is 2. The lowest BCUT2D eigenvalue weighted by molar-refractivity contribution is 0.465. The van der Waals surface area contributed by atoms with E-state index in [-0.39, 0.29) is 36.4 Å². The third-order valence-electron chi connectivity index (χ3n) is 8.26. The first kappa shape index (κ1) is 18.1. The van der Waals surface area contributed by atoms with Gasteiger partial charge in [-0.15, -0.1) is 0 Å². The summed E-state index contributed by atoms with van der Waals surface area (Å²) in [6.45, 7) is -0.0334. The second kappa shape index (κ2) is 8.61. The Balaban J connectivity index is 1.37. The quantitative estimate of drug-likeness (QED) is 0.167. The molecular weight excluding hydrogens is 499 g/mol. The SMILES string of the molecule is [2H]c1c([2H])c([2H])c(-c2c3ccccc3c(-c3cc4c5c(c3)Oc3ccccc3B5c3ccccc3O4)c3ccccc23)c([2H])c1[2H]. The number of fused-ring (bicyclic) bond motifs is 6. The van der Waals surface area contributed by atoms with E-state index in [1.54, 1.807) is 0 Å². The number of benzene rings is 7. The maximum Gasteiger partial charge on any atom is 0.260 e. The summed E-state index contributed by atoms with van der Waals surface area (Å²) in [5, 5.41) is 3.35. The number of rotatable bonds is 2. The standard InChI is InChI=1S/C38H23BO2/c1-2-12-24(13-3-1)36-26-14-4-6-16-28(26)37(29-17-7-5-15-27(29)36)25-22-34-38-35(23-25)41-33-21-11-9-19-31(33)39(38)30-18-8-10-20-32(30)40-34/h1-23H/i1D,2D,3D,12D,13D. The van der Waals surface area contributed by atoms with Crippen LogP contribution < -0.4 is 25.9 Å². The molecule has 0 N–H and O–H groups in total. The van der Waals surface area contributed by atoms with Gasteiger partial charge in [-0.05, 0) is 79.0 Å². The third kappa shape index (κ3) is 3.26. The number of ether oxygens (including phenoxy) is 2. The molecule has 0 aliphatic carbocycles. The minimum Gasteiger partial charge on any atom is -0.458 e. The Labute approximate surface area is 245 Å². The number of para-hydroxylation sites is 2. The first-order valence-electron chi connectivity index (χ1n) is 16.1. The Morgan fingerprint density at radius 1 is 0.463 bits per heavy atom. The molecular formula is C38H23BO2. The molecule has 190 valence electrons. The van der Waals surface area contributed by atoms with E-state index in [4.69, 9.17) is 16.3 Å². The van der Waals surface area contributed by atoms with Gasteiger partial charge in [-0.3, -0.25) is 0 Å². The van der Waals surface area contributed by atoms with Gasteiger partial charge in [-0.25, -0.2) is 0 Å². The van der Waals surface area contributed by atoms with Crippen molar-refractivity contribution in [3.8, 4) is 45.3 Å². The van der Waals surface area contributed by atoms with Crippen LogP contribution in [0.4, 0.5) is 0 Å². The van der Waals surface area contributed by atoms with Gasteiger partial charge in [-0.1, -0.05) is 115 Å². The Morgan fingerprint density at radius 3 is 1.41 bits per heavy atom. The van der Waals surface area contributed by atoms with Crippen LogP contribution in [-0.2, 0) is 0 Å². The topological polar surface area (TPSA) is 18.5 Å². The van der Waals surface area contributed by atoms with Crippen molar-refractivity contribution < 1.29 is 16.3 Å². The van der Waals surface area contributed by atoms with Crippen molar-refractivity contribution in [2.24, 2.45) is 0 Å². The second-order valence-electron chi connectivity index (χ2n) is 10.4. The summed E-state index contributed by atoms with van der Waals surface area (Å²) in [6.07, 6.45) is 0. The van der Waals surface area contributed by atoms with E-state index in [0.29, 0.717) is 5.56 Å². The summed E-state index contributed by atoms with van der Waals surface area (Å²) in [4.78, 5) is 0. The summed E-state index contributed by atoms with van der Waals surface area (Å²) in [6, 6.07) is 34.6. The maximum absolute atomic E-state index is 8.84. The van der Waals surface area contributed by atoms with Gasteiger partial charge in [0.2, 0.25) is 0 Å². The van der Waals surface area contributed by atoms with E-state index >= 15 is 0 Å². The zero-order valence-electron chi connectivity index (χ0n) is 26.8. The number of hydrogen-bond donors (Lipinski definition) is 0. The Morgan fingerprint density at radius 2 is 0.902 bits per heavy atom. The Hall–Kier alpha value is -5.28. The monoisotopic (exact) mass is 527 g/mol. The molecule has 2 heterocycles. The van der Waals surface area contributed by atoms with Gasteiger partial charge in [0.1, 0.15) is 23.0 Å². The fraction of sp³-hybridized carbons (Fsp3) is 0. The van der Waals surface area contributed by atoms with Crippen LogP contribution in [-0.4, -0.2) is 6.71 Å². The fourth-order valence-electron chi connectivity index (χ4n) is 6.62. The van der Waals surface area contributed by atoms with Crippen LogP contribution in [0.3, 0.4) is 0 Å². The molecule has 2 aliphatic heterocycles. The molecule has 0 amide bonds. The molecule has 0 fully saturated rings. The highest BCUT2D eigenvalue weighted by molar-refractivity contribution is 6.98. The zero-order chi connectivity index (χ0) is 31.3. The van der Waals surface area contributed by atoms with Gasteiger partial charge in [0, 0.05) is 5.46 Å². The molecule has 9 rings (SSSR count). The van der Waals surface area contributed by atoms with Crippen molar-refractivity contribution in [3.05, 3.63) is 139 Å². The van der Waals surface area contributed by atoms with Gasteiger partial charge in [0.05, 0.1) is 6.85 Å². The summed E-state index contributed by atoms with van der Waals surface area (Å²) in [7, 11) is 0. The van der Waals surface area contributed by atoms with E-state index in [0.717, 1.165) is 72.1 Å². The van der Waals surface area contributed by atoms with Crippen molar-refractivity contribution >= 4 is 44.6 Å². The molecule has 0 aromatic heterocycles. The minimum atomic E-state index is -0.409. The third-order valence-corrected chi connectivity index (χ3v) is 8.26. The average molecular weight is 527 g/mol. The van der Waals surface area contributed by atoms with Crippen molar-refractivity contribution in [2.75, 3.05) is 0 Å². The summed E-state index contributed by atoms with van der Waals surface area (Å²) in [5.74, 6) is 3.08. The molecule has 2 aliphatic rings.